The predicted octanol–water partition coefficient (Wildman–Crippen LogP) is 0.360. The lowest BCUT2D eigenvalue weighted by atomic mass is 10.3. The van der Waals surface area contributed by atoms with E-state index in [1.165, 1.54) is 17.1 Å². The number of aryl methyl sites for hydroxylation is 1. The topological polar surface area (TPSA) is 99.2 Å². The Morgan fingerprint density at radius 1 is 1.45 bits per heavy atom. The highest BCUT2D eigenvalue weighted by Crippen LogP contribution is 2.14. The summed E-state index contributed by atoms with van der Waals surface area (Å²) in [5, 5.41) is 3.82. The fourth-order valence-corrected chi connectivity index (χ4v) is 2.57. The zero-order valence-electron chi connectivity index (χ0n) is 11.0. The van der Waals surface area contributed by atoms with Crippen molar-refractivity contribution in [1.82, 2.24) is 14.5 Å². The summed E-state index contributed by atoms with van der Waals surface area (Å²) in [7, 11) is -1.89. The molecule has 0 spiro atoms. The summed E-state index contributed by atoms with van der Waals surface area (Å²) in [6.07, 6.45) is 2.72. The van der Waals surface area contributed by atoms with E-state index >= 15 is 0 Å². The molecule has 0 amide bonds. The molecule has 0 unspecified atom stereocenters. The first-order chi connectivity index (χ1) is 9.47. The number of benzene rings is 1. The van der Waals surface area contributed by atoms with E-state index in [4.69, 9.17) is 10.5 Å². The third-order valence-electron chi connectivity index (χ3n) is 2.51. The van der Waals surface area contributed by atoms with Crippen molar-refractivity contribution in [2.45, 2.75) is 4.90 Å². The summed E-state index contributed by atoms with van der Waals surface area (Å²) in [5.41, 5.74) is 6.21. The maximum atomic E-state index is 11.9. The van der Waals surface area contributed by atoms with Crippen molar-refractivity contribution >= 4 is 15.7 Å². The zero-order chi connectivity index (χ0) is 14.6. The molecule has 2 rings (SSSR count). The summed E-state index contributed by atoms with van der Waals surface area (Å²) in [6.45, 7) is 0.370. The third-order valence-corrected chi connectivity index (χ3v) is 3.93. The number of nitrogen functional groups attached to an aromatic ring is 1. The Morgan fingerprint density at radius 3 is 2.90 bits per heavy atom. The van der Waals surface area contributed by atoms with Gasteiger partial charge in [-0.15, -0.1) is 0 Å². The van der Waals surface area contributed by atoms with Crippen LogP contribution in [0.15, 0.2) is 41.6 Å². The molecule has 0 bridgehead atoms. The summed E-state index contributed by atoms with van der Waals surface area (Å²) in [5.74, 6) is 0.602. The highest BCUT2D eigenvalue weighted by molar-refractivity contribution is 7.89. The van der Waals surface area contributed by atoms with E-state index in [-0.39, 0.29) is 18.0 Å². The standard InChI is InChI=1S/C12H16N4O3S/c1-16-9-12(8-14-16)20(17,18)15-5-6-19-11-4-2-3-10(13)7-11/h2-4,7-9,15H,5-6,13H2,1H3. The lowest BCUT2D eigenvalue weighted by Gasteiger charge is -2.07. The minimum Gasteiger partial charge on any atom is -0.492 e. The second-order valence-electron chi connectivity index (χ2n) is 4.17. The van der Waals surface area contributed by atoms with Gasteiger partial charge in [-0.3, -0.25) is 4.68 Å². The molecule has 1 heterocycles. The van der Waals surface area contributed by atoms with Crippen LogP contribution in [0, 0.1) is 0 Å². The van der Waals surface area contributed by atoms with Crippen molar-refractivity contribution in [3.8, 4) is 5.75 Å². The van der Waals surface area contributed by atoms with Crippen LogP contribution in [0.25, 0.3) is 0 Å². The Kier molecular flexibility index (Phi) is 4.26. The normalized spacial score (nSPS) is 11.4. The van der Waals surface area contributed by atoms with Gasteiger partial charge in [0.2, 0.25) is 10.0 Å². The van der Waals surface area contributed by atoms with Crippen LogP contribution in [0.2, 0.25) is 0 Å². The maximum Gasteiger partial charge on any atom is 0.243 e. The van der Waals surface area contributed by atoms with E-state index < -0.39 is 10.0 Å². The maximum absolute atomic E-state index is 11.9. The van der Waals surface area contributed by atoms with E-state index in [1.807, 2.05) is 0 Å². The molecule has 8 heteroatoms. The summed E-state index contributed by atoms with van der Waals surface area (Å²) in [6, 6.07) is 6.95. The van der Waals surface area contributed by atoms with Crippen molar-refractivity contribution in [2.24, 2.45) is 7.05 Å². The average Bonchev–Trinajstić information content (AvgIpc) is 2.82. The van der Waals surface area contributed by atoms with Gasteiger partial charge in [-0.1, -0.05) is 6.07 Å². The van der Waals surface area contributed by atoms with E-state index in [1.54, 1.807) is 31.3 Å². The monoisotopic (exact) mass is 296 g/mol. The number of anilines is 1. The van der Waals surface area contributed by atoms with Crippen molar-refractivity contribution in [3.63, 3.8) is 0 Å². The van der Waals surface area contributed by atoms with E-state index in [0.717, 1.165) is 0 Å². The first kappa shape index (κ1) is 14.4. The molecule has 0 aliphatic carbocycles. The van der Waals surface area contributed by atoms with Crippen LogP contribution in [-0.2, 0) is 17.1 Å². The number of hydrogen-bond donors (Lipinski definition) is 2. The fraction of sp³-hybridized carbons (Fsp3) is 0.250. The third kappa shape index (κ3) is 3.72. The second kappa shape index (κ2) is 5.93. The average molecular weight is 296 g/mol. The number of hydrogen-bond acceptors (Lipinski definition) is 5. The summed E-state index contributed by atoms with van der Waals surface area (Å²) < 4.78 is 33.0. The molecule has 0 radical (unpaired) electrons. The minimum atomic E-state index is -3.54. The summed E-state index contributed by atoms with van der Waals surface area (Å²) in [4.78, 5) is 0.129. The smallest absolute Gasteiger partial charge is 0.243 e. The first-order valence-corrected chi connectivity index (χ1v) is 7.42. The van der Waals surface area contributed by atoms with Crippen molar-refractivity contribution < 1.29 is 13.2 Å². The largest absolute Gasteiger partial charge is 0.492 e. The first-order valence-electron chi connectivity index (χ1n) is 5.94. The van der Waals surface area contributed by atoms with Crippen molar-refractivity contribution in [1.29, 1.82) is 0 Å². The van der Waals surface area contributed by atoms with Gasteiger partial charge >= 0.3 is 0 Å². The van der Waals surface area contributed by atoms with Crippen LogP contribution < -0.4 is 15.2 Å². The van der Waals surface area contributed by atoms with Gasteiger partial charge in [0.05, 0.1) is 6.20 Å². The molecule has 1 aromatic carbocycles. The van der Waals surface area contributed by atoms with E-state index in [2.05, 4.69) is 9.82 Å². The lowest BCUT2D eigenvalue weighted by Crippen LogP contribution is -2.28. The molecule has 0 saturated heterocycles. The number of rotatable bonds is 6. The quantitative estimate of drug-likeness (QED) is 0.592. The van der Waals surface area contributed by atoms with Gasteiger partial charge in [-0.2, -0.15) is 5.10 Å². The van der Waals surface area contributed by atoms with Gasteiger partial charge < -0.3 is 10.5 Å². The van der Waals surface area contributed by atoms with Gasteiger partial charge in [0.25, 0.3) is 0 Å². The molecule has 0 aliphatic heterocycles. The van der Waals surface area contributed by atoms with E-state index in [9.17, 15) is 8.42 Å². The Balaban J connectivity index is 1.84. The van der Waals surface area contributed by atoms with Crippen molar-refractivity contribution in [2.75, 3.05) is 18.9 Å². The molecule has 0 saturated carbocycles. The minimum absolute atomic E-state index is 0.129. The fourth-order valence-electron chi connectivity index (χ4n) is 1.57. The van der Waals surface area contributed by atoms with Gasteiger partial charge in [-0.25, -0.2) is 13.1 Å². The second-order valence-corrected chi connectivity index (χ2v) is 5.94. The molecule has 0 atom stereocenters. The molecule has 7 nitrogen and oxygen atoms in total. The van der Waals surface area contributed by atoms with Crippen LogP contribution in [0.3, 0.4) is 0 Å². The molecule has 3 N–H and O–H groups in total. The highest BCUT2D eigenvalue weighted by atomic mass is 32.2. The molecular formula is C12H16N4O3S. The highest BCUT2D eigenvalue weighted by Gasteiger charge is 2.15. The number of nitrogens with two attached hydrogens (primary N) is 1. The SMILES string of the molecule is Cn1cc(S(=O)(=O)NCCOc2cccc(N)c2)cn1. The number of aromatic nitrogens is 2. The number of sulfonamides is 1. The van der Waals surface area contributed by atoms with Crippen LogP contribution in [0.4, 0.5) is 5.69 Å². The number of ether oxygens (including phenoxy) is 1. The summed E-state index contributed by atoms with van der Waals surface area (Å²) >= 11 is 0. The Bertz CT molecular complexity index is 682. The lowest BCUT2D eigenvalue weighted by molar-refractivity contribution is 0.323. The van der Waals surface area contributed by atoms with Gasteiger partial charge in [0.1, 0.15) is 17.3 Å². The van der Waals surface area contributed by atoms with Crippen molar-refractivity contribution in [3.05, 3.63) is 36.7 Å². The Hall–Kier alpha value is -2.06. The molecule has 0 aliphatic rings. The van der Waals surface area contributed by atoms with Gasteiger partial charge in [-0.05, 0) is 12.1 Å². The van der Waals surface area contributed by atoms with Gasteiger partial charge in [0, 0.05) is 31.5 Å². The number of nitrogens with one attached hydrogen (secondary N) is 1. The molecule has 0 fully saturated rings. The van der Waals surface area contributed by atoms with Gasteiger partial charge in [0.15, 0.2) is 0 Å². The van der Waals surface area contributed by atoms with E-state index in [0.29, 0.717) is 11.4 Å². The van der Waals surface area contributed by atoms with Crippen LogP contribution >= 0.6 is 0 Å². The Morgan fingerprint density at radius 2 is 2.25 bits per heavy atom. The predicted molar refractivity (Wildman–Crippen MR) is 74.7 cm³/mol. The Labute approximate surface area is 117 Å². The number of nitrogens with zero attached hydrogens (tertiary/aromatic N) is 2. The molecular weight excluding hydrogens is 280 g/mol. The molecule has 20 heavy (non-hydrogen) atoms. The van der Waals surface area contributed by atoms with Crippen LogP contribution in [-0.4, -0.2) is 31.3 Å². The van der Waals surface area contributed by atoms with Crippen LogP contribution in [0.1, 0.15) is 0 Å². The molecule has 108 valence electrons. The van der Waals surface area contributed by atoms with Crippen LogP contribution in [0.5, 0.6) is 5.75 Å². The zero-order valence-corrected chi connectivity index (χ0v) is 11.8. The molecule has 1 aromatic heterocycles. The molecule has 2 aromatic rings.